The summed E-state index contributed by atoms with van der Waals surface area (Å²) in [5.74, 6) is 0.367. The lowest BCUT2D eigenvalue weighted by molar-refractivity contribution is 0.0250. The van der Waals surface area contributed by atoms with Crippen molar-refractivity contribution >= 4 is 0 Å². The summed E-state index contributed by atoms with van der Waals surface area (Å²) in [4.78, 5) is 7.57. The molecule has 2 aromatic rings. The smallest absolute Gasteiger partial charge is 0.123 e. The fourth-order valence-electron chi connectivity index (χ4n) is 4.25. The molecular formula is C22H27FN2O. The third-order valence-corrected chi connectivity index (χ3v) is 5.78. The van der Waals surface area contributed by atoms with E-state index in [0.717, 1.165) is 30.9 Å². The molecule has 0 bridgehead atoms. The van der Waals surface area contributed by atoms with Gasteiger partial charge in [-0.05, 0) is 68.6 Å². The number of ether oxygens (including phenoxy) is 1. The van der Waals surface area contributed by atoms with Crippen LogP contribution in [0.15, 0.2) is 42.5 Å². The molecule has 2 saturated heterocycles. The standard InChI is InChI=1S/C22H27FN2O/c23-19-6-4-17(5-7-19)16-20-2-1-3-22(24-20)18-8-12-25(13-9-18)21-10-14-26-15-11-21/h1-7,18,21H,8-16H2. The van der Waals surface area contributed by atoms with Gasteiger partial charge in [0.25, 0.3) is 0 Å². The molecule has 0 radical (unpaired) electrons. The van der Waals surface area contributed by atoms with E-state index < -0.39 is 0 Å². The SMILES string of the molecule is Fc1ccc(Cc2cccc(C3CCN(C4CCOCC4)CC3)n2)cc1. The Morgan fingerprint density at radius 1 is 0.962 bits per heavy atom. The van der Waals surface area contributed by atoms with E-state index in [2.05, 4.69) is 23.1 Å². The van der Waals surface area contributed by atoms with E-state index in [1.54, 1.807) is 0 Å². The zero-order chi connectivity index (χ0) is 17.8. The van der Waals surface area contributed by atoms with Crippen LogP contribution >= 0.6 is 0 Å². The molecule has 1 aromatic heterocycles. The Hall–Kier alpha value is -1.78. The largest absolute Gasteiger partial charge is 0.381 e. The number of hydrogen-bond donors (Lipinski definition) is 0. The highest BCUT2D eigenvalue weighted by molar-refractivity contribution is 5.24. The van der Waals surface area contributed by atoms with E-state index in [1.165, 1.54) is 56.6 Å². The first-order valence-electron chi connectivity index (χ1n) is 9.80. The van der Waals surface area contributed by atoms with Gasteiger partial charge in [0.15, 0.2) is 0 Å². The van der Waals surface area contributed by atoms with Gasteiger partial charge in [-0.1, -0.05) is 18.2 Å². The van der Waals surface area contributed by atoms with Crippen LogP contribution in [-0.2, 0) is 11.2 Å². The van der Waals surface area contributed by atoms with Crippen LogP contribution in [0.4, 0.5) is 4.39 Å². The number of pyridine rings is 1. The summed E-state index contributed by atoms with van der Waals surface area (Å²) in [7, 11) is 0. The second-order valence-corrected chi connectivity index (χ2v) is 7.51. The summed E-state index contributed by atoms with van der Waals surface area (Å²) in [6.07, 6.45) is 5.48. The molecule has 2 fully saturated rings. The molecule has 4 rings (SSSR count). The van der Waals surface area contributed by atoms with Gasteiger partial charge in [-0.15, -0.1) is 0 Å². The van der Waals surface area contributed by atoms with Crippen LogP contribution in [0.25, 0.3) is 0 Å². The Labute approximate surface area is 155 Å². The Morgan fingerprint density at radius 2 is 1.69 bits per heavy atom. The summed E-state index contributed by atoms with van der Waals surface area (Å²) in [6, 6.07) is 13.8. The Kier molecular flexibility index (Phi) is 5.61. The Bertz CT molecular complexity index is 704. The van der Waals surface area contributed by atoms with Gasteiger partial charge in [0.1, 0.15) is 5.82 Å². The average Bonchev–Trinajstić information content (AvgIpc) is 2.71. The van der Waals surface area contributed by atoms with Crippen LogP contribution in [0.5, 0.6) is 0 Å². The molecule has 138 valence electrons. The van der Waals surface area contributed by atoms with Crippen LogP contribution in [0, 0.1) is 5.82 Å². The Morgan fingerprint density at radius 3 is 2.42 bits per heavy atom. The number of aromatic nitrogens is 1. The number of likely N-dealkylation sites (tertiary alicyclic amines) is 1. The van der Waals surface area contributed by atoms with Gasteiger partial charge in [-0.25, -0.2) is 4.39 Å². The third kappa shape index (κ3) is 4.30. The number of nitrogens with zero attached hydrogens (tertiary/aromatic N) is 2. The maximum atomic E-state index is 13.1. The molecule has 0 atom stereocenters. The zero-order valence-corrected chi connectivity index (χ0v) is 15.2. The van der Waals surface area contributed by atoms with Crippen LogP contribution in [0.1, 0.15) is 48.6 Å². The van der Waals surface area contributed by atoms with E-state index >= 15 is 0 Å². The summed E-state index contributed by atoms with van der Waals surface area (Å²) in [6.45, 7) is 4.16. The van der Waals surface area contributed by atoms with Crippen molar-refractivity contribution < 1.29 is 9.13 Å². The third-order valence-electron chi connectivity index (χ3n) is 5.78. The number of hydrogen-bond acceptors (Lipinski definition) is 3. The van der Waals surface area contributed by atoms with Crippen LogP contribution in [-0.4, -0.2) is 42.2 Å². The van der Waals surface area contributed by atoms with Gasteiger partial charge in [-0.3, -0.25) is 4.98 Å². The minimum atomic E-state index is -0.188. The van der Waals surface area contributed by atoms with Crippen LogP contribution in [0.3, 0.4) is 0 Å². The molecule has 26 heavy (non-hydrogen) atoms. The quantitative estimate of drug-likeness (QED) is 0.824. The number of piperidine rings is 1. The summed E-state index contributed by atoms with van der Waals surface area (Å²) in [5.41, 5.74) is 3.39. The van der Waals surface area contributed by atoms with Crippen molar-refractivity contribution in [3.8, 4) is 0 Å². The molecule has 0 unspecified atom stereocenters. The maximum absolute atomic E-state index is 13.1. The minimum absolute atomic E-state index is 0.188. The number of benzene rings is 1. The molecule has 1 aromatic carbocycles. The van der Waals surface area contributed by atoms with Crippen LogP contribution in [0.2, 0.25) is 0 Å². The summed E-state index contributed by atoms with van der Waals surface area (Å²) < 4.78 is 18.6. The maximum Gasteiger partial charge on any atom is 0.123 e. The monoisotopic (exact) mass is 354 g/mol. The fourth-order valence-corrected chi connectivity index (χ4v) is 4.25. The molecule has 0 aliphatic carbocycles. The van der Waals surface area contributed by atoms with Gasteiger partial charge in [0.05, 0.1) is 0 Å². The van der Waals surface area contributed by atoms with Crippen molar-refractivity contribution in [3.63, 3.8) is 0 Å². The van der Waals surface area contributed by atoms with E-state index in [9.17, 15) is 4.39 Å². The van der Waals surface area contributed by atoms with Gasteiger partial charge < -0.3 is 9.64 Å². The van der Waals surface area contributed by atoms with E-state index in [-0.39, 0.29) is 5.82 Å². The minimum Gasteiger partial charge on any atom is -0.381 e. The molecule has 0 spiro atoms. The van der Waals surface area contributed by atoms with Gasteiger partial charge >= 0.3 is 0 Å². The number of rotatable bonds is 4. The van der Waals surface area contributed by atoms with Crippen molar-refractivity contribution in [2.75, 3.05) is 26.3 Å². The lowest BCUT2D eigenvalue weighted by Crippen LogP contribution is -2.43. The molecule has 0 amide bonds. The highest BCUT2D eigenvalue weighted by atomic mass is 19.1. The molecular weight excluding hydrogens is 327 g/mol. The first kappa shape index (κ1) is 17.6. The predicted octanol–water partition coefficient (Wildman–Crippen LogP) is 4.17. The average molecular weight is 354 g/mol. The van der Waals surface area contributed by atoms with Gasteiger partial charge in [0, 0.05) is 43.0 Å². The van der Waals surface area contributed by atoms with E-state index in [1.807, 2.05) is 12.1 Å². The first-order chi connectivity index (χ1) is 12.8. The second-order valence-electron chi connectivity index (χ2n) is 7.51. The molecule has 4 heteroatoms. The van der Waals surface area contributed by atoms with Crippen molar-refractivity contribution in [2.45, 2.75) is 44.1 Å². The summed E-state index contributed by atoms with van der Waals surface area (Å²) >= 11 is 0. The zero-order valence-electron chi connectivity index (χ0n) is 15.2. The molecule has 2 aliphatic heterocycles. The van der Waals surface area contributed by atoms with Gasteiger partial charge in [-0.2, -0.15) is 0 Å². The van der Waals surface area contributed by atoms with Crippen molar-refractivity contribution in [2.24, 2.45) is 0 Å². The van der Waals surface area contributed by atoms with Crippen molar-refractivity contribution in [3.05, 3.63) is 65.2 Å². The molecule has 3 nitrogen and oxygen atoms in total. The lowest BCUT2D eigenvalue weighted by Gasteiger charge is -2.39. The first-order valence-corrected chi connectivity index (χ1v) is 9.80. The molecule has 0 N–H and O–H groups in total. The van der Waals surface area contributed by atoms with Crippen molar-refractivity contribution in [1.29, 1.82) is 0 Å². The fraction of sp³-hybridized carbons (Fsp3) is 0.500. The summed E-state index contributed by atoms with van der Waals surface area (Å²) in [5, 5.41) is 0. The molecule has 0 saturated carbocycles. The van der Waals surface area contributed by atoms with Crippen LogP contribution < -0.4 is 0 Å². The lowest BCUT2D eigenvalue weighted by atomic mass is 9.91. The normalized spacial score (nSPS) is 20.3. The highest BCUT2D eigenvalue weighted by Gasteiger charge is 2.27. The van der Waals surface area contributed by atoms with Crippen molar-refractivity contribution in [1.82, 2.24) is 9.88 Å². The second kappa shape index (κ2) is 8.28. The Balaban J connectivity index is 1.37. The number of halogens is 1. The van der Waals surface area contributed by atoms with E-state index in [4.69, 9.17) is 9.72 Å². The van der Waals surface area contributed by atoms with Gasteiger partial charge in [0.2, 0.25) is 0 Å². The molecule has 3 heterocycles. The highest BCUT2D eigenvalue weighted by Crippen LogP contribution is 2.29. The topological polar surface area (TPSA) is 25.4 Å². The predicted molar refractivity (Wildman–Crippen MR) is 101 cm³/mol. The van der Waals surface area contributed by atoms with E-state index in [0.29, 0.717) is 12.0 Å². The molecule has 2 aliphatic rings.